The number of rotatable bonds is 6. The van der Waals surface area contributed by atoms with Gasteiger partial charge in [-0.1, -0.05) is 13.3 Å². The first-order valence-corrected chi connectivity index (χ1v) is 6.54. The van der Waals surface area contributed by atoms with E-state index in [9.17, 15) is 0 Å². The maximum Gasteiger partial charge on any atom is 0.000926 e. The molecule has 0 heterocycles. The molecule has 2 aliphatic carbocycles. The fourth-order valence-corrected chi connectivity index (χ4v) is 2.81. The standard InChI is InChI=1S/C13H26N2/c1-11-8-12(11)9-15(2)7-6-13(10-14)4-3-5-13/h11-12H,3-10,14H2,1-2H3. The van der Waals surface area contributed by atoms with Gasteiger partial charge >= 0.3 is 0 Å². The maximum atomic E-state index is 5.87. The van der Waals surface area contributed by atoms with Crippen molar-refractivity contribution < 1.29 is 0 Å². The molecule has 0 aromatic rings. The molecule has 2 N–H and O–H groups in total. The SMILES string of the molecule is CC1CC1CN(C)CCC1(CN)CCC1. The fraction of sp³-hybridized carbons (Fsp3) is 1.00. The lowest BCUT2D eigenvalue weighted by atomic mass is 9.66. The predicted molar refractivity (Wildman–Crippen MR) is 64.7 cm³/mol. The van der Waals surface area contributed by atoms with Gasteiger partial charge in [-0.05, 0) is 63.1 Å². The van der Waals surface area contributed by atoms with E-state index in [-0.39, 0.29) is 0 Å². The Hall–Kier alpha value is -0.0800. The zero-order valence-corrected chi connectivity index (χ0v) is 10.3. The van der Waals surface area contributed by atoms with Gasteiger partial charge in [0.2, 0.25) is 0 Å². The summed E-state index contributed by atoms with van der Waals surface area (Å²) in [7, 11) is 2.27. The van der Waals surface area contributed by atoms with E-state index in [4.69, 9.17) is 5.73 Å². The average molecular weight is 210 g/mol. The second-order valence-electron chi connectivity index (χ2n) is 6.04. The highest BCUT2D eigenvalue weighted by Gasteiger charge is 2.36. The Kier molecular flexibility index (Phi) is 3.36. The van der Waals surface area contributed by atoms with Crippen LogP contribution in [-0.2, 0) is 0 Å². The summed E-state index contributed by atoms with van der Waals surface area (Å²) < 4.78 is 0. The summed E-state index contributed by atoms with van der Waals surface area (Å²) in [6.45, 7) is 5.83. The summed E-state index contributed by atoms with van der Waals surface area (Å²) in [4.78, 5) is 2.52. The highest BCUT2D eigenvalue weighted by molar-refractivity contribution is 4.90. The molecule has 2 atom stereocenters. The second kappa shape index (κ2) is 4.42. The molecule has 2 unspecified atom stereocenters. The van der Waals surface area contributed by atoms with Crippen molar-refractivity contribution in [3.63, 3.8) is 0 Å². The van der Waals surface area contributed by atoms with Gasteiger partial charge in [0, 0.05) is 6.54 Å². The van der Waals surface area contributed by atoms with Crippen molar-refractivity contribution in [1.29, 1.82) is 0 Å². The monoisotopic (exact) mass is 210 g/mol. The minimum Gasteiger partial charge on any atom is -0.330 e. The molecule has 15 heavy (non-hydrogen) atoms. The third-order valence-electron chi connectivity index (χ3n) is 4.69. The normalized spacial score (nSPS) is 32.8. The van der Waals surface area contributed by atoms with Crippen LogP contribution in [0.25, 0.3) is 0 Å². The van der Waals surface area contributed by atoms with E-state index in [2.05, 4.69) is 18.9 Å². The van der Waals surface area contributed by atoms with Gasteiger partial charge < -0.3 is 10.6 Å². The Bertz CT molecular complexity index is 205. The molecule has 0 amide bonds. The molecule has 0 aromatic carbocycles. The van der Waals surface area contributed by atoms with Gasteiger partial charge in [-0.15, -0.1) is 0 Å². The molecule has 2 heteroatoms. The topological polar surface area (TPSA) is 29.3 Å². The number of hydrogen-bond donors (Lipinski definition) is 1. The molecule has 2 aliphatic rings. The van der Waals surface area contributed by atoms with E-state index >= 15 is 0 Å². The molecular formula is C13H26N2. The first-order valence-electron chi connectivity index (χ1n) is 6.54. The van der Waals surface area contributed by atoms with Crippen molar-refractivity contribution in [2.24, 2.45) is 23.0 Å². The summed E-state index contributed by atoms with van der Waals surface area (Å²) in [5, 5.41) is 0. The summed E-state index contributed by atoms with van der Waals surface area (Å²) in [6, 6.07) is 0. The van der Waals surface area contributed by atoms with Crippen molar-refractivity contribution in [2.45, 2.75) is 39.0 Å². The number of nitrogens with zero attached hydrogens (tertiary/aromatic N) is 1. The largest absolute Gasteiger partial charge is 0.330 e. The molecule has 2 nitrogen and oxygen atoms in total. The first-order chi connectivity index (χ1) is 7.15. The van der Waals surface area contributed by atoms with Gasteiger partial charge in [0.1, 0.15) is 0 Å². The van der Waals surface area contributed by atoms with Crippen LogP contribution in [0.4, 0.5) is 0 Å². The zero-order valence-electron chi connectivity index (χ0n) is 10.3. The maximum absolute atomic E-state index is 5.87. The van der Waals surface area contributed by atoms with E-state index in [1.807, 2.05) is 0 Å². The van der Waals surface area contributed by atoms with E-state index in [0.717, 1.165) is 18.4 Å². The van der Waals surface area contributed by atoms with Crippen LogP contribution in [0.5, 0.6) is 0 Å². The lowest BCUT2D eigenvalue weighted by molar-refractivity contribution is 0.111. The predicted octanol–water partition coefficient (Wildman–Crippen LogP) is 2.09. The van der Waals surface area contributed by atoms with Crippen molar-refractivity contribution in [3.8, 4) is 0 Å². The van der Waals surface area contributed by atoms with Crippen LogP contribution in [0, 0.1) is 17.3 Å². The van der Waals surface area contributed by atoms with Crippen LogP contribution in [0.2, 0.25) is 0 Å². The molecule has 0 aliphatic heterocycles. The lowest BCUT2D eigenvalue weighted by Crippen LogP contribution is -2.40. The van der Waals surface area contributed by atoms with Gasteiger partial charge in [0.25, 0.3) is 0 Å². The van der Waals surface area contributed by atoms with Gasteiger partial charge in [0.05, 0.1) is 0 Å². The van der Waals surface area contributed by atoms with Crippen LogP contribution in [0.3, 0.4) is 0 Å². The Morgan fingerprint density at radius 2 is 2.07 bits per heavy atom. The van der Waals surface area contributed by atoms with E-state index < -0.39 is 0 Å². The van der Waals surface area contributed by atoms with E-state index in [0.29, 0.717) is 5.41 Å². The Morgan fingerprint density at radius 1 is 1.40 bits per heavy atom. The molecule has 2 rings (SSSR count). The fourth-order valence-electron chi connectivity index (χ4n) is 2.81. The molecule has 0 aromatic heterocycles. The minimum absolute atomic E-state index is 0.531. The van der Waals surface area contributed by atoms with Crippen LogP contribution in [0.1, 0.15) is 39.0 Å². The lowest BCUT2D eigenvalue weighted by Gasteiger charge is -2.42. The zero-order chi connectivity index (χ0) is 10.9. The van der Waals surface area contributed by atoms with Crippen molar-refractivity contribution in [3.05, 3.63) is 0 Å². The summed E-state index contributed by atoms with van der Waals surface area (Å²) in [6.07, 6.45) is 6.92. The average Bonchev–Trinajstić information content (AvgIpc) is 2.80. The molecule has 2 fully saturated rings. The number of nitrogens with two attached hydrogens (primary N) is 1. The highest BCUT2D eigenvalue weighted by Crippen LogP contribution is 2.43. The van der Waals surface area contributed by atoms with Gasteiger partial charge in [-0.2, -0.15) is 0 Å². The molecule has 0 saturated heterocycles. The summed E-state index contributed by atoms with van der Waals surface area (Å²) >= 11 is 0. The van der Waals surface area contributed by atoms with Crippen LogP contribution in [-0.4, -0.2) is 31.6 Å². The highest BCUT2D eigenvalue weighted by atomic mass is 15.1. The molecule has 2 saturated carbocycles. The third kappa shape index (κ3) is 2.73. The Morgan fingerprint density at radius 3 is 2.47 bits per heavy atom. The quantitative estimate of drug-likeness (QED) is 0.727. The Labute approximate surface area is 94.2 Å². The van der Waals surface area contributed by atoms with Crippen LogP contribution < -0.4 is 5.73 Å². The first kappa shape index (κ1) is 11.4. The minimum atomic E-state index is 0.531. The van der Waals surface area contributed by atoms with Crippen LogP contribution >= 0.6 is 0 Å². The van der Waals surface area contributed by atoms with Crippen molar-refractivity contribution >= 4 is 0 Å². The van der Waals surface area contributed by atoms with Gasteiger partial charge in [0.15, 0.2) is 0 Å². The third-order valence-corrected chi connectivity index (χ3v) is 4.69. The Balaban J connectivity index is 1.63. The number of hydrogen-bond acceptors (Lipinski definition) is 2. The summed E-state index contributed by atoms with van der Waals surface area (Å²) in [5.74, 6) is 1.98. The molecule has 0 bridgehead atoms. The van der Waals surface area contributed by atoms with Crippen molar-refractivity contribution in [2.75, 3.05) is 26.7 Å². The molecule has 0 radical (unpaired) electrons. The molecule has 88 valence electrons. The molecular weight excluding hydrogens is 184 g/mol. The molecule has 0 spiro atoms. The second-order valence-corrected chi connectivity index (χ2v) is 6.04. The summed E-state index contributed by atoms with van der Waals surface area (Å²) in [5.41, 5.74) is 6.40. The smallest absolute Gasteiger partial charge is 0.000926 e. The van der Waals surface area contributed by atoms with Gasteiger partial charge in [-0.25, -0.2) is 0 Å². The van der Waals surface area contributed by atoms with Crippen LogP contribution in [0.15, 0.2) is 0 Å². The van der Waals surface area contributed by atoms with Crippen molar-refractivity contribution in [1.82, 2.24) is 4.90 Å². The van der Waals surface area contributed by atoms with E-state index in [1.54, 1.807) is 0 Å². The van der Waals surface area contributed by atoms with Gasteiger partial charge in [-0.3, -0.25) is 0 Å². The van der Waals surface area contributed by atoms with E-state index in [1.165, 1.54) is 45.2 Å².